The number of H-pyrrole nitrogens is 1. The predicted octanol–water partition coefficient (Wildman–Crippen LogP) is 3.41. The molecule has 0 unspecified atom stereocenters. The summed E-state index contributed by atoms with van der Waals surface area (Å²) in [6, 6.07) is 6.26. The van der Waals surface area contributed by atoms with Gasteiger partial charge >= 0.3 is 0 Å². The van der Waals surface area contributed by atoms with Gasteiger partial charge in [0, 0.05) is 50.7 Å². The van der Waals surface area contributed by atoms with Gasteiger partial charge in [-0.15, -0.1) is 0 Å². The quantitative estimate of drug-likeness (QED) is 0.438. The summed E-state index contributed by atoms with van der Waals surface area (Å²) in [5.41, 5.74) is 1.37. The number of hydrogen-bond donors (Lipinski definition) is 2. The number of piperidine rings is 1. The van der Waals surface area contributed by atoms with Gasteiger partial charge in [0.1, 0.15) is 10.9 Å². The van der Waals surface area contributed by atoms with E-state index in [0.29, 0.717) is 49.9 Å². The number of aromatic nitrogens is 3. The van der Waals surface area contributed by atoms with E-state index in [1.165, 1.54) is 11.4 Å². The van der Waals surface area contributed by atoms with Gasteiger partial charge in [0.05, 0.1) is 5.52 Å². The Labute approximate surface area is 207 Å². The van der Waals surface area contributed by atoms with Crippen molar-refractivity contribution in [2.24, 2.45) is 5.92 Å². The van der Waals surface area contributed by atoms with E-state index >= 15 is 0 Å². The smallest absolute Gasteiger partial charge is 0.245 e. The number of carbonyl (C=O) groups excluding carboxylic acids is 1. The van der Waals surface area contributed by atoms with Crippen LogP contribution in [0.25, 0.3) is 10.9 Å². The molecule has 2 aromatic heterocycles. The van der Waals surface area contributed by atoms with Gasteiger partial charge in [-0.1, -0.05) is 19.1 Å². The summed E-state index contributed by atoms with van der Waals surface area (Å²) in [5.74, 6) is 1.09. The minimum Gasteiger partial charge on any atom is -0.356 e. The van der Waals surface area contributed by atoms with Gasteiger partial charge in [-0.2, -0.15) is 4.31 Å². The summed E-state index contributed by atoms with van der Waals surface area (Å²) in [6.45, 7) is 5.99. The average Bonchev–Trinajstić information content (AvgIpc) is 3.37. The van der Waals surface area contributed by atoms with Crippen LogP contribution in [-0.4, -0.2) is 71.2 Å². The van der Waals surface area contributed by atoms with E-state index in [1.54, 1.807) is 30.7 Å². The maximum absolute atomic E-state index is 13.8. The van der Waals surface area contributed by atoms with Crippen molar-refractivity contribution in [2.75, 3.05) is 32.0 Å². The molecule has 0 bridgehead atoms. The third kappa shape index (κ3) is 5.65. The highest BCUT2D eigenvalue weighted by Gasteiger charge is 2.36. The third-order valence-electron chi connectivity index (χ3n) is 6.73. The second-order valence-corrected chi connectivity index (χ2v) is 11.4. The topological polar surface area (TPSA) is 111 Å². The number of nitrogens with one attached hydrogen (secondary N) is 2. The average molecular weight is 499 g/mol. The van der Waals surface area contributed by atoms with Crippen LogP contribution in [0, 0.1) is 12.8 Å². The molecule has 3 heterocycles. The van der Waals surface area contributed by atoms with Gasteiger partial charge in [0.2, 0.25) is 15.9 Å². The number of anilines is 1. The summed E-state index contributed by atoms with van der Waals surface area (Å²) >= 11 is 0. The fourth-order valence-electron chi connectivity index (χ4n) is 4.54. The molecule has 0 saturated carbocycles. The number of fused-ring (bicyclic) bond motifs is 1. The van der Waals surface area contributed by atoms with Crippen molar-refractivity contribution in [1.82, 2.24) is 24.2 Å². The molecule has 0 radical (unpaired) electrons. The molecule has 0 spiro atoms. The summed E-state index contributed by atoms with van der Waals surface area (Å²) < 4.78 is 28.9. The lowest BCUT2D eigenvalue weighted by Gasteiger charge is -2.35. The zero-order valence-electron chi connectivity index (χ0n) is 20.6. The minimum absolute atomic E-state index is 0.122. The largest absolute Gasteiger partial charge is 0.356 e. The molecule has 1 aliphatic rings. The van der Waals surface area contributed by atoms with Crippen molar-refractivity contribution < 1.29 is 13.2 Å². The van der Waals surface area contributed by atoms with Crippen LogP contribution in [0.5, 0.6) is 0 Å². The van der Waals surface area contributed by atoms with Crippen LogP contribution in [0.15, 0.2) is 47.8 Å². The molecule has 188 valence electrons. The number of nitrogens with zero attached hydrogens (tertiary/aromatic N) is 4. The van der Waals surface area contributed by atoms with Gasteiger partial charge in [-0.25, -0.2) is 13.4 Å². The van der Waals surface area contributed by atoms with Crippen LogP contribution in [-0.2, 0) is 14.8 Å². The minimum atomic E-state index is -3.97. The molecule has 35 heavy (non-hydrogen) atoms. The standard InChI is InChI=1S/C25H34N6O3S/c1-18-9-14-31(15-10-18)24(32)21(7-5-11-26-25-27-12-13-28-25)30(3)35(33,34)22-8-4-6-20-16-19(2)17-29-23(20)22/h4,6,8,12-13,16-18,21H,5,7,9-11,14-15H2,1-3H3,(H2,26,27,28)/t21-/m0/s1. The van der Waals surface area contributed by atoms with Gasteiger partial charge in [0.25, 0.3) is 0 Å². The van der Waals surface area contributed by atoms with E-state index in [1.807, 2.05) is 24.0 Å². The van der Waals surface area contributed by atoms with E-state index in [-0.39, 0.29) is 10.8 Å². The number of aryl methyl sites for hydroxylation is 1. The van der Waals surface area contributed by atoms with Crippen molar-refractivity contribution in [3.05, 3.63) is 48.4 Å². The van der Waals surface area contributed by atoms with Gasteiger partial charge in [-0.05, 0) is 56.2 Å². The first-order valence-electron chi connectivity index (χ1n) is 12.1. The lowest BCUT2D eigenvalue weighted by atomic mass is 9.98. The maximum atomic E-state index is 13.8. The number of imidazole rings is 1. The van der Waals surface area contributed by atoms with Crippen LogP contribution >= 0.6 is 0 Å². The molecule has 1 atom stereocenters. The number of carbonyl (C=O) groups is 1. The van der Waals surface area contributed by atoms with E-state index in [2.05, 4.69) is 27.2 Å². The molecule has 1 fully saturated rings. The van der Waals surface area contributed by atoms with E-state index in [0.717, 1.165) is 23.8 Å². The number of likely N-dealkylation sites (tertiary alicyclic amines) is 1. The summed E-state index contributed by atoms with van der Waals surface area (Å²) in [7, 11) is -2.46. The SMILES string of the molecule is Cc1cnc2c(S(=O)(=O)N(C)[C@@H](CCCNc3ncc[nH]3)C(=O)N3CCC(C)CC3)cccc2c1. The van der Waals surface area contributed by atoms with E-state index in [4.69, 9.17) is 0 Å². The Hall–Kier alpha value is -2.98. The number of pyridine rings is 1. The van der Waals surface area contributed by atoms with Gasteiger partial charge in [0.15, 0.2) is 5.95 Å². The highest BCUT2D eigenvalue weighted by Crippen LogP contribution is 2.27. The molecule has 2 N–H and O–H groups in total. The number of rotatable bonds is 9. The highest BCUT2D eigenvalue weighted by atomic mass is 32.2. The van der Waals surface area contributed by atoms with Gasteiger partial charge in [-0.3, -0.25) is 9.78 Å². The van der Waals surface area contributed by atoms with Crippen molar-refractivity contribution in [3.63, 3.8) is 0 Å². The van der Waals surface area contributed by atoms with Crippen molar-refractivity contribution >= 4 is 32.8 Å². The molecular formula is C25H34N6O3S. The number of hydrogen-bond acceptors (Lipinski definition) is 6. The monoisotopic (exact) mass is 498 g/mol. The second-order valence-electron chi connectivity index (χ2n) is 9.39. The Balaban J connectivity index is 1.58. The first kappa shape index (κ1) is 25.1. The Morgan fingerprint density at radius 2 is 2.06 bits per heavy atom. The lowest BCUT2D eigenvalue weighted by Crippen LogP contribution is -2.51. The van der Waals surface area contributed by atoms with Gasteiger partial charge < -0.3 is 15.2 Å². The number of likely N-dealkylation sites (N-methyl/N-ethyl adjacent to an activating group) is 1. The summed E-state index contributed by atoms with van der Waals surface area (Å²) in [5, 5.41) is 3.93. The molecule has 4 rings (SSSR count). The number of para-hydroxylation sites is 1. The van der Waals surface area contributed by atoms with Crippen LogP contribution in [0.4, 0.5) is 5.95 Å². The Morgan fingerprint density at radius 1 is 1.29 bits per heavy atom. The zero-order chi connectivity index (χ0) is 25.0. The van der Waals surface area contributed by atoms with Crippen molar-refractivity contribution in [1.29, 1.82) is 0 Å². The number of sulfonamides is 1. The predicted molar refractivity (Wildman–Crippen MR) is 137 cm³/mol. The molecule has 1 saturated heterocycles. The normalized spacial score (nSPS) is 16.1. The molecule has 0 aliphatic carbocycles. The number of amides is 1. The van der Waals surface area contributed by atoms with Crippen LogP contribution in [0.2, 0.25) is 0 Å². The fourth-order valence-corrected chi connectivity index (χ4v) is 6.04. The van der Waals surface area contributed by atoms with Crippen molar-refractivity contribution in [3.8, 4) is 0 Å². The highest BCUT2D eigenvalue weighted by molar-refractivity contribution is 7.89. The molecular weight excluding hydrogens is 464 g/mol. The molecule has 3 aromatic rings. The maximum Gasteiger partial charge on any atom is 0.245 e. The Kier molecular flexibility index (Phi) is 7.71. The molecule has 1 aliphatic heterocycles. The lowest BCUT2D eigenvalue weighted by molar-refractivity contribution is -0.136. The molecule has 9 nitrogen and oxygen atoms in total. The number of aromatic amines is 1. The second kappa shape index (κ2) is 10.7. The molecule has 10 heteroatoms. The summed E-state index contributed by atoms with van der Waals surface area (Å²) in [6.07, 6.45) is 7.92. The first-order valence-corrected chi connectivity index (χ1v) is 13.6. The van der Waals surface area contributed by atoms with E-state index < -0.39 is 16.1 Å². The first-order chi connectivity index (χ1) is 16.8. The van der Waals surface area contributed by atoms with Crippen LogP contribution < -0.4 is 5.32 Å². The van der Waals surface area contributed by atoms with Crippen LogP contribution in [0.1, 0.15) is 38.2 Å². The van der Waals surface area contributed by atoms with Crippen LogP contribution in [0.3, 0.4) is 0 Å². The fraction of sp³-hybridized carbons (Fsp3) is 0.480. The number of benzene rings is 1. The molecule has 1 amide bonds. The van der Waals surface area contributed by atoms with E-state index in [9.17, 15) is 13.2 Å². The Bertz CT molecular complexity index is 1250. The third-order valence-corrected chi connectivity index (χ3v) is 8.63. The zero-order valence-corrected chi connectivity index (χ0v) is 21.4. The summed E-state index contributed by atoms with van der Waals surface area (Å²) in [4.78, 5) is 27.1. The Morgan fingerprint density at radius 3 is 2.77 bits per heavy atom. The molecule has 1 aromatic carbocycles. The van der Waals surface area contributed by atoms with Crippen molar-refractivity contribution in [2.45, 2.75) is 50.5 Å².